The Bertz CT molecular complexity index is 481. The summed E-state index contributed by atoms with van der Waals surface area (Å²) in [6.45, 7) is 5.71. The normalized spacial score (nSPS) is 11.6. The van der Waals surface area contributed by atoms with Crippen LogP contribution in [0.15, 0.2) is 17.0 Å². The second kappa shape index (κ2) is 6.23. The Balaban J connectivity index is 3.09. The van der Waals surface area contributed by atoms with Gasteiger partial charge in [0, 0.05) is 0 Å². The van der Waals surface area contributed by atoms with Gasteiger partial charge in [-0.2, -0.15) is 0 Å². The zero-order valence-electron chi connectivity index (χ0n) is 11.6. The highest BCUT2D eigenvalue weighted by Crippen LogP contribution is 2.27. The molecule has 0 atom stereocenters. The van der Waals surface area contributed by atoms with Gasteiger partial charge in [0.05, 0.1) is 17.8 Å². The number of unbranched alkanes of at least 4 members (excludes halogenated alkanes) is 2. The van der Waals surface area contributed by atoms with Crippen LogP contribution in [0.4, 0.5) is 0 Å². The third-order valence-electron chi connectivity index (χ3n) is 3.00. The van der Waals surface area contributed by atoms with E-state index in [1.807, 2.05) is 13.8 Å². The van der Waals surface area contributed by atoms with Crippen molar-refractivity contribution in [2.24, 2.45) is 0 Å². The summed E-state index contributed by atoms with van der Waals surface area (Å²) in [5.74, 6) is 0.937. The Morgan fingerprint density at radius 3 is 2.11 bits per heavy atom. The van der Waals surface area contributed by atoms with E-state index in [4.69, 9.17) is 4.74 Å². The highest BCUT2D eigenvalue weighted by atomic mass is 32.2. The van der Waals surface area contributed by atoms with Gasteiger partial charge in [0.15, 0.2) is 9.84 Å². The average molecular weight is 270 g/mol. The van der Waals surface area contributed by atoms with Crippen LogP contribution in [0.5, 0.6) is 5.75 Å². The van der Waals surface area contributed by atoms with Gasteiger partial charge in [0.2, 0.25) is 0 Å². The molecule has 0 fully saturated rings. The lowest BCUT2D eigenvalue weighted by Crippen LogP contribution is -2.10. The van der Waals surface area contributed by atoms with Gasteiger partial charge >= 0.3 is 0 Å². The lowest BCUT2D eigenvalue weighted by atomic mass is 10.1. The van der Waals surface area contributed by atoms with Gasteiger partial charge in [-0.3, -0.25) is 0 Å². The summed E-state index contributed by atoms with van der Waals surface area (Å²) >= 11 is 0. The van der Waals surface area contributed by atoms with E-state index in [1.54, 1.807) is 19.2 Å². The molecule has 1 aromatic rings. The first-order valence-corrected chi connectivity index (χ1v) is 7.95. The van der Waals surface area contributed by atoms with Crippen molar-refractivity contribution in [1.29, 1.82) is 0 Å². The summed E-state index contributed by atoms with van der Waals surface area (Å²) in [6, 6.07) is 3.55. The highest BCUT2D eigenvalue weighted by Gasteiger charge is 2.19. The zero-order chi connectivity index (χ0) is 13.8. The maximum absolute atomic E-state index is 12.3. The van der Waals surface area contributed by atoms with E-state index in [0.717, 1.165) is 30.4 Å². The van der Waals surface area contributed by atoms with Crippen molar-refractivity contribution in [3.8, 4) is 5.75 Å². The topological polar surface area (TPSA) is 43.4 Å². The summed E-state index contributed by atoms with van der Waals surface area (Å²) in [7, 11) is -1.59. The Kier molecular flexibility index (Phi) is 5.20. The van der Waals surface area contributed by atoms with Gasteiger partial charge < -0.3 is 4.74 Å². The largest absolute Gasteiger partial charge is 0.497 e. The van der Waals surface area contributed by atoms with Gasteiger partial charge in [0.1, 0.15) is 5.75 Å². The van der Waals surface area contributed by atoms with Crippen molar-refractivity contribution in [3.63, 3.8) is 0 Å². The molecule has 0 radical (unpaired) electrons. The van der Waals surface area contributed by atoms with Gasteiger partial charge in [-0.15, -0.1) is 0 Å². The zero-order valence-corrected chi connectivity index (χ0v) is 12.4. The molecule has 0 unspecified atom stereocenters. The molecule has 1 rings (SSSR count). The number of hydrogen-bond acceptors (Lipinski definition) is 3. The number of ether oxygens (including phenoxy) is 1. The van der Waals surface area contributed by atoms with E-state index in [0.29, 0.717) is 10.6 Å². The van der Waals surface area contributed by atoms with Gasteiger partial charge in [-0.25, -0.2) is 8.42 Å². The minimum absolute atomic E-state index is 0.231. The summed E-state index contributed by atoms with van der Waals surface area (Å²) in [5, 5.41) is 0. The van der Waals surface area contributed by atoms with Crippen LogP contribution in [-0.4, -0.2) is 21.3 Å². The highest BCUT2D eigenvalue weighted by molar-refractivity contribution is 7.91. The van der Waals surface area contributed by atoms with Gasteiger partial charge in [-0.1, -0.05) is 19.8 Å². The van der Waals surface area contributed by atoms with E-state index in [1.165, 1.54) is 0 Å². The number of aryl methyl sites for hydroxylation is 2. The average Bonchev–Trinajstić information content (AvgIpc) is 2.27. The van der Waals surface area contributed by atoms with Crippen molar-refractivity contribution in [2.45, 2.75) is 44.9 Å². The van der Waals surface area contributed by atoms with Crippen molar-refractivity contribution in [3.05, 3.63) is 23.3 Å². The van der Waals surface area contributed by atoms with Crippen molar-refractivity contribution in [2.75, 3.05) is 12.9 Å². The number of sulfone groups is 1. The standard InChI is InChI=1S/C14H22O3S/c1-5-6-7-8-18(15,16)14-11(2)9-13(17-4)10-12(14)3/h9-10H,5-8H2,1-4H3. The van der Waals surface area contributed by atoms with E-state index in [9.17, 15) is 8.42 Å². The molecule has 0 bridgehead atoms. The van der Waals surface area contributed by atoms with Crippen LogP contribution < -0.4 is 4.74 Å². The Labute approximate surface area is 110 Å². The van der Waals surface area contributed by atoms with E-state index >= 15 is 0 Å². The molecular weight excluding hydrogens is 248 g/mol. The van der Waals surface area contributed by atoms with E-state index in [-0.39, 0.29) is 5.75 Å². The fourth-order valence-corrected chi connectivity index (χ4v) is 4.05. The quantitative estimate of drug-likeness (QED) is 0.745. The molecule has 18 heavy (non-hydrogen) atoms. The molecular formula is C14H22O3S. The lowest BCUT2D eigenvalue weighted by molar-refractivity contribution is 0.413. The smallest absolute Gasteiger partial charge is 0.178 e. The van der Waals surface area contributed by atoms with Crippen LogP contribution in [0.2, 0.25) is 0 Å². The number of hydrogen-bond donors (Lipinski definition) is 0. The molecule has 102 valence electrons. The Morgan fingerprint density at radius 1 is 1.11 bits per heavy atom. The van der Waals surface area contributed by atoms with Crippen LogP contribution in [0, 0.1) is 13.8 Å². The minimum atomic E-state index is -3.17. The van der Waals surface area contributed by atoms with Gasteiger partial charge in [-0.05, 0) is 43.5 Å². The second-order valence-corrected chi connectivity index (χ2v) is 6.66. The fourth-order valence-electron chi connectivity index (χ4n) is 2.16. The molecule has 0 N–H and O–H groups in total. The van der Waals surface area contributed by atoms with E-state index in [2.05, 4.69) is 6.92 Å². The van der Waals surface area contributed by atoms with Crippen molar-refractivity contribution in [1.82, 2.24) is 0 Å². The molecule has 4 heteroatoms. The molecule has 0 aliphatic carbocycles. The molecule has 0 aliphatic rings. The summed E-state index contributed by atoms with van der Waals surface area (Å²) < 4.78 is 29.8. The predicted octanol–water partition coefficient (Wildman–Crippen LogP) is 3.28. The van der Waals surface area contributed by atoms with Crippen LogP contribution in [0.3, 0.4) is 0 Å². The molecule has 3 nitrogen and oxygen atoms in total. The maximum atomic E-state index is 12.3. The minimum Gasteiger partial charge on any atom is -0.497 e. The van der Waals surface area contributed by atoms with Crippen LogP contribution in [0.25, 0.3) is 0 Å². The summed E-state index contributed by atoms with van der Waals surface area (Å²) in [5.41, 5.74) is 1.53. The Morgan fingerprint density at radius 2 is 1.67 bits per heavy atom. The van der Waals surface area contributed by atoms with E-state index < -0.39 is 9.84 Å². The number of benzene rings is 1. The molecule has 0 spiro atoms. The predicted molar refractivity (Wildman–Crippen MR) is 74.0 cm³/mol. The molecule has 0 aromatic heterocycles. The van der Waals surface area contributed by atoms with Crippen LogP contribution >= 0.6 is 0 Å². The first-order chi connectivity index (χ1) is 8.42. The molecule has 0 saturated heterocycles. The first-order valence-electron chi connectivity index (χ1n) is 6.30. The summed E-state index contributed by atoms with van der Waals surface area (Å²) in [6.07, 6.45) is 2.70. The fraction of sp³-hybridized carbons (Fsp3) is 0.571. The monoisotopic (exact) mass is 270 g/mol. The SMILES string of the molecule is CCCCCS(=O)(=O)c1c(C)cc(OC)cc1C. The molecule has 0 aliphatic heterocycles. The van der Waals surface area contributed by atoms with Gasteiger partial charge in [0.25, 0.3) is 0 Å². The second-order valence-electron chi connectivity index (χ2n) is 4.62. The third kappa shape index (κ3) is 3.48. The molecule has 0 amide bonds. The maximum Gasteiger partial charge on any atom is 0.178 e. The third-order valence-corrected chi connectivity index (χ3v) is 5.09. The molecule has 0 saturated carbocycles. The number of methoxy groups -OCH3 is 1. The number of rotatable bonds is 6. The Hall–Kier alpha value is -1.03. The van der Waals surface area contributed by atoms with Crippen molar-refractivity contribution >= 4 is 9.84 Å². The molecule has 0 heterocycles. The lowest BCUT2D eigenvalue weighted by Gasteiger charge is -2.12. The van der Waals surface area contributed by atoms with Crippen LogP contribution in [-0.2, 0) is 9.84 Å². The summed E-state index contributed by atoms with van der Waals surface area (Å²) in [4.78, 5) is 0.472. The van der Waals surface area contributed by atoms with Crippen molar-refractivity contribution < 1.29 is 13.2 Å². The van der Waals surface area contributed by atoms with Crippen LogP contribution in [0.1, 0.15) is 37.3 Å². The first kappa shape index (κ1) is 15.0. The molecule has 1 aromatic carbocycles.